The molecule has 3 rings (SSSR count). The number of fused-ring (bicyclic) bond motifs is 1. The Morgan fingerprint density at radius 1 is 1.05 bits per heavy atom. The van der Waals surface area contributed by atoms with Crippen molar-refractivity contribution in [2.45, 2.75) is 16.6 Å². The smallest absolute Gasteiger partial charge is 0.0450 e. The van der Waals surface area contributed by atoms with Gasteiger partial charge in [-0.15, -0.1) is 23.1 Å². The van der Waals surface area contributed by atoms with Crippen LogP contribution in [0.25, 0.3) is 10.8 Å². The van der Waals surface area contributed by atoms with Crippen LogP contribution >= 0.6 is 23.1 Å². The summed E-state index contributed by atoms with van der Waals surface area (Å²) in [6.45, 7) is 1.04. The molecule has 0 aliphatic rings. The monoisotopic (exact) mass is 313 g/mol. The standard InChI is InChI=1S/C18H19NS2/c1-19-12-11-18(17-10-5-13-20-17)21-16-9-4-7-14-6-2-3-8-15(14)16/h2-10,13,18-19H,11-12H2,1H3. The summed E-state index contributed by atoms with van der Waals surface area (Å²) in [5.74, 6) is 0. The molecule has 0 saturated carbocycles. The fourth-order valence-corrected chi connectivity index (χ4v) is 4.72. The quantitative estimate of drug-likeness (QED) is 0.616. The highest BCUT2D eigenvalue weighted by Crippen LogP contribution is 2.42. The Morgan fingerprint density at radius 2 is 1.90 bits per heavy atom. The van der Waals surface area contributed by atoms with Gasteiger partial charge in [-0.2, -0.15) is 0 Å². The summed E-state index contributed by atoms with van der Waals surface area (Å²) < 4.78 is 0. The van der Waals surface area contributed by atoms with Crippen molar-refractivity contribution in [3.63, 3.8) is 0 Å². The average molecular weight is 313 g/mol. The van der Waals surface area contributed by atoms with E-state index in [1.807, 2.05) is 30.1 Å². The maximum Gasteiger partial charge on any atom is 0.0450 e. The van der Waals surface area contributed by atoms with Crippen molar-refractivity contribution < 1.29 is 0 Å². The van der Waals surface area contributed by atoms with Gasteiger partial charge in [0, 0.05) is 15.0 Å². The van der Waals surface area contributed by atoms with Crippen molar-refractivity contribution in [3.8, 4) is 0 Å². The molecule has 21 heavy (non-hydrogen) atoms. The maximum absolute atomic E-state index is 3.27. The van der Waals surface area contributed by atoms with Crippen LogP contribution in [0.2, 0.25) is 0 Å². The third-order valence-corrected chi connectivity index (χ3v) is 6.06. The Kier molecular flexibility index (Phi) is 4.96. The molecular formula is C18H19NS2. The second kappa shape index (κ2) is 7.12. The third kappa shape index (κ3) is 3.49. The van der Waals surface area contributed by atoms with Crippen LogP contribution in [-0.4, -0.2) is 13.6 Å². The Balaban J connectivity index is 1.90. The molecule has 0 saturated heterocycles. The molecule has 1 heterocycles. The van der Waals surface area contributed by atoms with Crippen molar-refractivity contribution in [2.24, 2.45) is 0 Å². The van der Waals surface area contributed by atoms with Gasteiger partial charge in [0.15, 0.2) is 0 Å². The highest BCUT2D eigenvalue weighted by atomic mass is 32.2. The first-order valence-electron chi connectivity index (χ1n) is 7.21. The van der Waals surface area contributed by atoms with Crippen LogP contribution in [0.3, 0.4) is 0 Å². The number of thioether (sulfide) groups is 1. The number of benzene rings is 2. The van der Waals surface area contributed by atoms with Gasteiger partial charge in [0.25, 0.3) is 0 Å². The van der Waals surface area contributed by atoms with E-state index in [0.717, 1.165) is 13.0 Å². The lowest BCUT2D eigenvalue weighted by Crippen LogP contribution is -2.10. The molecule has 0 radical (unpaired) electrons. The summed E-state index contributed by atoms with van der Waals surface area (Å²) in [7, 11) is 2.02. The third-order valence-electron chi connectivity index (χ3n) is 3.54. The van der Waals surface area contributed by atoms with Gasteiger partial charge in [0.2, 0.25) is 0 Å². The van der Waals surface area contributed by atoms with Crippen LogP contribution in [0.5, 0.6) is 0 Å². The van der Waals surface area contributed by atoms with Crippen molar-refractivity contribution in [2.75, 3.05) is 13.6 Å². The first kappa shape index (κ1) is 14.6. The van der Waals surface area contributed by atoms with Crippen molar-refractivity contribution >= 4 is 33.9 Å². The fourth-order valence-electron chi connectivity index (χ4n) is 2.46. The largest absolute Gasteiger partial charge is 0.320 e. The molecule has 1 N–H and O–H groups in total. The number of rotatable bonds is 6. The highest BCUT2D eigenvalue weighted by molar-refractivity contribution is 7.99. The molecule has 0 aliphatic heterocycles. The molecule has 0 bridgehead atoms. The summed E-state index contributed by atoms with van der Waals surface area (Å²) in [5, 5.41) is 8.64. The normalized spacial score (nSPS) is 12.6. The molecule has 0 amide bonds. The van der Waals surface area contributed by atoms with Gasteiger partial charge in [-0.1, -0.05) is 42.5 Å². The lowest BCUT2D eigenvalue weighted by Gasteiger charge is -2.16. The summed E-state index contributed by atoms with van der Waals surface area (Å²) >= 11 is 3.84. The predicted octanol–water partition coefficient (Wildman–Crippen LogP) is 5.34. The fraction of sp³-hybridized carbons (Fsp3) is 0.222. The molecule has 108 valence electrons. The molecule has 0 spiro atoms. The van der Waals surface area contributed by atoms with Gasteiger partial charge in [-0.05, 0) is 48.3 Å². The Bertz CT molecular complexity index is 686. The van der Waals surface area contributed by atoms with Gasteiger partial charge in [0.05, 0.1) is 0 Å². The average Bonchev–Trinajstić information content (AvgIpc) is 3.06. The van der Waals surface area contributed by atoms with Gasteiger partial charge >= 0.3 is 0 Å². The van der Waals surface area contributed by atoms with E-state index in [1.165, 1.54) is 20.5 Å². The minimum absolute atomic E-state index is 0.517. The van der Waals surface area contributed by atoms with Gasteiger partial charge in [-0.3, -0.25) is 0 Å². The summed E-state index contributed by atoms with van der Waals surface area (Å²) in [6.07, 6.45) is 1.14. The van der Waals surface area contributed by atoms with E-state index in [0.29, 0.717) is 5.25 Å². The second-order valence-electron chi connectivity index (χ2n) is 4.99. The van der Waals surface area contributed by atoms with E-state index in [1.54, 1.807) is 0 Å². The van der Waals surface area contributed by atoms with Crippen LogP contribution in [-0.2, 0) is 0 Å². The minimum Gasteiger partial charge on any atom is -0.320 e. The SMILES string of the molecule is CNCCC(Sc1cccc2ccccc12)c1cccs1. The van der Waals surface area contributed by atoms with Crippen molar-refractivity contribution in [1.82, 2.24) is 5.32 Å². The van der Waals surface area contributed by atoms with E-state index in [9.17, 15) is 0 Å². The first-order chi connectivity index (χ1) is 10.4. The van der Waals surface area contributed by atoms with Crippen LogP contribution in [0.1, 0.15) is 16.5 Å². The Morgan fingerprint density at radius 3 is 2.71 bits per heavy atom. The zero-order chi connectivity index (χ0) is 14.5. The lowest BCUT2D eigenvalue weighted by molar-refractivity contribution is 0.720. The lowest BCUT2D eigenvalue weighted by atomic mass is 10.1. The van der Waals surface area contributed by atoms with Crippen LogP contribution in [0.4, 0.5) is 0 Å². The number of nitrogens with one attached hydrogen (secondary N) is 1. The van der Waals surface area contributed by atoms with Crippen LogP contribution in [0.15, 0.2) is 64.9 Å². The van der Waals surface area contributed by atoms with E-state index < -0.39 is 0 Å². The van der Waals surface area contributed by atoms with Gasteiger partial charge in [0.1, 0.15) is 0 Å². The topological polar surface area (TPSA) is 12.0 Å². The van der Waals surface area contributed by atoms with Gasteiger partial charge < -0.3 is 5.32 Å². The Hall–Kier alpha value is -1.29. The zero-order valence-corrected chi connectivity index (χ0v) is 13.7. The number of hydrogen-bond donors (Lipinski definition) is 1. The summed E-state index contributed by atoms with van der Waals surface area (Å²) in [4.78, 5) is 2.84. The number of hydrogen-bond acceptors (Lipinski definition) is 3. The Labute approximate surface area is 134 Å². The molecule has 2 aromatic carbocycles. The molecule has 1 unspecified atom stereocenters. The van der Waals surface area contributed by atoms with E-state index in [-0.39, 0.29) is 0 Å². The van der Waals surface area contributed by atoms with Gasteiger partial charge in [-0.25, -0.2) is 0 Å². The van der Waals surface area contributed by atoms with Crippen LogP contribution < -0.4 is 5.32 Å². The molecule has 3 heteroatoms. The van der Waals surface area contributed by atoms with E-state index >= 15 is 0 Å². The molecule has 1 atom stereocenters. The molecule has 1 nitrogen and oxygen atoms in total. The molecular weight excluding hydrogens is 294 g/mol. The maximum atomic E-state index is 3.27. The first-order valence-corrected chi connectivity index (χ1v) is 8.97. The molecule has 1 aromatic heterocycles. The summed E-state index contributed by atoms with van der Waals surface area (Å²) in [5.41, 5.74) is 0. The second-order valence-corrected chi connectivity index (χ2v) is 7.22. The number of thiophene rings is 1. The zero-order valence-electron chi connectivity index (χ0n) is 12.1. The van der Waals surface area contributed by atoms with E-state index in [2.05, 4.69) is 65.3 Å². The van der Waals surface area contributed by atoms with Crippen molar-refractivity contribution in [3.05, 3.63) is 64.9 Å². The predicted molar refractivity (Wildman–Crippen MR) is 95.4 cm³/mol. The minimum atomic E-state index is 0.517. The highest BCUT2D eigenvalue weighted by Gasteiger charge is 2.15. The van der Waals surface area contributed by atoms with Crippen LogP contribution in [0, 0.1) is 0 Å². The molecule has 3 aromatic rings. The van der Waals surface area contributed by atoms with Crippen molar-refractivity contribution in [1.29, 1.82) is 0 Å². The summed E-state index contributed by atoms with van der Waals surface area (Å²) in [6, 6.07) is 19.6. The molecule has 0 fully saturated rings. The molecule has 0 aliphatic carbocycles. The van der Waals surface area contributed by atoms with E-state index in [4.69, 9.17) is 0 Å².